The van der Waals surface area contributed by atoms with Crippen molar-refractivity contribution in [1.29, 1.82) is 0 Å². The van der Waals surface area contributed by atoms with Gasteiger partial charge in [-0.25, -0.2) is 8.42 Å². The highest BCUT2D eigenvalue weighted by molar-refractivity contribution is 7.90. The molecule has 0 unspecified atom stereocenters. The van der Waals surface area contributed by atoms with Crippen LogP contribution in [0.15, 0.2) is 51.0 Å². The zero-order valence-corrected chi connectivity index (χ0v) is 15.2. The lowest BCUT2D eigenvalue weighted by Gasteiger charge is -2.10. The zero-order valence-electron chi connectivity index (χ0n) is 13.6. The Bertz CT molecular complexity index is 857. The van der Waals surface area contributed by atoms with E-state index in [4.69, 9.17) is 0 Å². The molecule has 25 heavy (non-hydrogen) atoms. The zero-order chi connectivity index (χ0) is 17.7. The molecule has 0 saturated heterocycles. The fourth-order valence-electron chi connectivity index (χ4n) is 2.49. The number of anilines is 1. The average Bonchev–Trinajstić information content (AvgIpc) is 3.02. The molecule has 3 rings (SSSR count). The number of hydrogen-bond acceptors (Lipinski definition) is 5. The van der Waals surface area contributed by atoms with Gasteiger partial charge in [0.15, 0.2) is 0 Å². The Balaban J connectivity index is 1.68. The average molecular weight is 377 g/mol. The second-order valence-corrected chi connectivity index (χ2v) is 8.20. The highest BCUT2D eigenvalue weighted by Crippen LogP contribution is 2.16. The van der Waals surface area contributed by atoms with Gasteiger partial charge in [-0.1, -0.05) is 6.42 Å². The van der Waals surface area contributed by atoms with E-state index in [0.717, 1.165) is 19.3 Å². The van der Waals surface area contributed by atoms with Crippen LogP contribution in [0.4, 0.5) is 5.69 Å². The minimum Gasteiger partial charge on any atom is -0.322 e. The summed E-state index contributed by atoms with van der Waals surface area (Å²) in [6, 6.07) is 7.84. The number of hydrogen-bond donors (Lipinski definition) is 2. The molecule has 0 bridgehead atoms. The Morgan fingerprint density at radius 3 is 2.60 bits per heavy atom. The minimum atomic E-state index is -3.66. The van der Waals surface area contributed by atoms with Gasteiger partial charge >= 0.3 is 0 Å². The first kappa shape index (κ1) is 17.6. The molecule has 0 aliphatic carbocycles. The van der Waals surface area contributed by atoms with Crippen LogP contribution in [0.25, 0.3) is 0 Å². The van der Waals surface area contributed by atoms with Gasteiger partial charge in [0.1, 0.15) is 5.84 Å². The predicted octanol–water partition coefficient (Wildman–Crippen LogP) is 3.25. The number of benzene rings is 1. The monoisotopic (exact) mass is 377 g/mol. The van der Waals surface area contributed by atoms with Crippen LogP contribution < -0.4 is 10.0 Å². The molecule has 2 heterocycles. The van der Waals surface area contributed by atoms with Crippen LogP contribution in [0.3, 0.4) is 0 Å². The Kier molecular flexibility index (Phi) is 5.50. The summed E-state index contributed by atoms with van der Waals surface area (Å²) >= 11 is 1.44. The number of rotatable bonds is 4. The topological polar surface area (TPSA) is 87.6 Å². The molecule has 2 N–H and O–H groups in total. The maximum absolute atomic E-state index is 12.5. The van der Waals surface area contributed by atoms with Crippen molar-refractivity contribution in [3.8, 4) is 0 Å². The van der Waals surface area contributed by atoms with E-state index in [-0.39, 0.29) is 10.8 Å². The molecule has 6 nitrogen and oxygen atoms in total. The summed E-state index contributed by atoms with van der Waals surface area (Å²) < 4.78 is 27.5. The molecule has 0 fully saturated rings. The van der Waals surface area contributed by atoms with Crippen LogP contribution >= 0.6 is 11.3 Å². The summed E-state index contributed by atoms with van der Waals surface area (Å²) in [5.41, 5.74) is 1.12. The first-order chi connectivity index (χ1) is 12.0. The summed E-state index contributed by atoms with van der Waals surface area (Å²) in [4.78, 5) is 16.4. The Morgan fingerprint density at radius 1 is 1.08 bits per heavy atom. The van der Waals surface area contributed by atoms with E-state index in [9.17, 15) is 13.2 Å². The molecule has 132 valence electrons. The van der Waals surface area contributed by atoms with Gasteiger partial charge in [-0.3, -0.25) is 14.5 Å². The van der Waals surface area contributed by atoms with Gasteiger partial charge in [-0.2, -0.15) is 11.3 Å². The molecule has 0 atom stereocenters. The number of sulfonamides is 1. The summed E-state index contributed by atoms with van der Waals surface area (Å²) in [7, 11) is -3.66. The second kappa shape index (κ2) is 7.79. The standard InChI is InChI=1S/C17H19N3O3S2/c21-17(13-9-11-24-12-13)19-14-5-7-15(8-6-14)25(22,23)20-16-4-2-1-3-10-18-16/h5-9,11-12H,1-4,10H2,(H,18,20)(H,19,21). The van der Waals surface area contributed by atoms with Gasteiger partial charge in [-0.15, -0.1) is 0 Å². The van der Waals surface area contributed by atoms with E-state index in [1.807, 2.05) is 5.38 Å². The normalized spacial score (nSPS) is 15.1. The molecular formula is C17H19N3O3S2. The largest absolute Gasteiger partial charge is 0.322 e. The molecule has 1 aromatic carbocycles. The molecule has 0 radical (unpaired) electrons. The molecule has 1 amide bonds. The predicted molar refractivity (Wildman–Crippen MR) is 99.8 cm³/mol. The highest BCUT2D eigenvalue weighted by atomic mass is 32.2. The third-order valence-corrected chi connectivity index (χ3v) is 5.91. The van der Waals surface area contributed by atoms with Crippen LogP contribution in [0.2, 0.25) is 0 Å². The maximum atomic E-state index is 12.5. The van der Waals surface area contributed by atoms with Crippen molar-refractivity contribution in [2.45, 2.75) is 30.6 Å². The quantitative estimate of drug-likeness (QED) is 0.857. The molecule has 0 saturated carbocycles. The van der Waals surface area contributed by atoms with E-state index in [0.29, 0.717) is 30.1 Å². The third-order valence-electron chi connectivity index (χ3n) is 3.83. The van der Waals surface area contributed by atoms with Crippen molar-refractivity contribution < 1.29 is 13.2 Å². The number of nitrogens with one attached hydrogen (secondary N) is 2. The molecule has 1 aromatic heterocycles. The smallest absolute Gasteiger partial charge is 0.262 e. The lowest BCUT2D eigenvalue weighted by Crippen LogP contribution is -2.30. The lowest BCUT2D eigenvalue weighted by molar-refractivity contribution is 0.102. The van der Waals surface area contributed by atoms with Crippen LogP contribution in [0, 0.1) is 0 Å². The van der Waals surface area contributed by atoms with Crippen molar-refractivity contribution >= 4 is 38.8 Å². The number of thiophene rings is 1. The molecule has 8 heteroatoms. The van der Waals surface area contributed by atoms with Gasteiger partial charge in [0.25, 0.3) is 15.9 Å². The van der Waals surface area contributed by atoms with E-state index in [2.05, 4.69) is 15.0 Å². The van der Waals surface area contributed by atoms with Gasteiger partial charge in [-0.05, 0) is 48.6 Å². The molecule has 1 aliphatic heterocycles. The number of nitrogens with zero attached hydrogens (tertiary/aromatic N) is 1. The van der Waals surface area contributed by atoms with Crippen molar-refractivity contribution in [3.05, 3.63) is 46.7 Å². The molecular weight excluding hydrogens is 358 g/mol. The number of carbonyl (C=O) groups is 1. The van der Waals surface area contributed by atoms with Gasteiger partial charge < -0.3 is 5.32 Å². The summed E-state index contributed by atoms with van der Waals surface area (Å²) in [5, 5.41) is 6.32. The minimum absolute atomic E-state index is 0.146. The number of carbonyl (C=O) groups excluding carboxylic acids is 1. The first-order valence-electron chi connectivity index (χ1n) is 8.04. The van der Waals surface area contributed by atoms with E-state index < -0.39 is 10.0 Å². The van der Waals surface area contributed by atoms with E-state index in [1.54, 1.807) is 23.6 Å². The van der Waals surface area contributed by atoms with Crippen molar-refractivity contribution in [2.75, 3.05) is 11.9 Å². The molecule has 1 aliphatic rings. The van der Waals surface area contributed by atoms with Crippen LogP contribution in [0.5, 0.6) is 0 Å². The second-order valence-electron chi connectivity index (χ2n) is 5.74. The van der Waals surface area contributed by atoms with Crippen molar-refractivity contribution in [2.24, 2.45) is 4.99 Å². The van der Waals surface area contributed by atoms with Crippen molar-refractivity contribution in [3.63, 3.8) is 0 Å². The Labute approximate surface area is 151 Å². The Morgan fingerprint density at radius 2 is 1.88 bits per heavy atom. The van der Waals surface area contributed by atoms with E-state index >= 15 is 0 Å². The number of aliphatic imine (C=N–C) groups is 1. The highest BCUT2D eigenvalue weighted by Gasteiger charge is 2.17. The summed E-state index contributed by atoms with van der Waals surface area (Å²) in [5.74, 6) is 0.301. The first-order valence-corrected chi connectivity index (χ1v) is 10.5. The Hall–Kier alpha value is -2.19. The third kappa shape index (κ3) is 4.67. The molecule has 2 aromatic rings. The lowest BCUT2D eigenvalue weighted by atomic mass is 10.2. The summed E-state index contributed by atoms with van der Waals surface area (Å²) in [6.07, 6.45) is 3.64. The van der Waals surface area contributed by atoms with Gasteiger partial charge in [0, 0.05) is 24.0 Å². The van der Waals surface area contributed by atoms with Crippen LogP contribution in [-0.2, 0) is 10.0 Å². The summed E-state index contributed by atoms with van der Waals surface area (Å²) in [6.45, 7) is 0.658. The van der Waals surface area contributed by atoms with Gasteiger partial charge in [0.05, 0.1) is 10.5 Å². The van der Waals surface area contributed by atoms with Crippen molar-refractivity contribution in [1.82, 2.24) is 4.72 Å². The van der Waals surface area contributed by atoms with Crippen LogP contribution in [-0.4, -0.2) is 26.7 Å². The SMILES string of the molecule is O=C(Nc1ccc(S(=O)(=O)NC2=NCCCCC2)cc1)c1ccsc1. The fraction of sp³-hybridized carbons (Fsp3) is 0.294. The number of amides is 1. The number of amidine groups is 1. The maximum Gasteiger partial charge on any atom is 0.262 e. The van der Waals surface area contributed by atoms with Crippen LogP contribution in [0.1, 0.15) is 36.0 Å². The van der Waals surface area contributed by atoms with E-state index in [1.165, 1.54) is 23.5 Å². The fourth-order valence-corrected chi connectivity index (χ4v) is 4.21. The van der Waals surface area contributed by atoms with Gasteiger partial charge in [0.2, 0.25) is 0 Å². The molecule has 0 spiro atoms.